The van der Waals surface area contributed by atoms with Crippen LogP contribution in [0, 0.1) is 11.7 Å². The Bertz CT molecular complexity index is 794. The van der Waals surface area contributed by atoms with Gasteiger partial charge in [0.25, 0.3) is 0 Å². The van der Waals surface area contributed by atoms with Crippen LogP contribution in [0.15, 0.2) is 48.5 Å². The van der Waals surface area contributed by atoms with Crippen molar-refractivity contribution in [3.8, 4) is 5.75 Å². The van der Waals surface area contributed by atoms with Gasteiger partial charge in [-0.2, -0.15) is 0 Å². The monoisotopic (exact) mass is 342 g/mol. The molecule has 2 aromatic rings. The number of hydrogen-bond acceptors (Lipinski definition) is 3. The van der Waals surface area contributed by atoms with Crippen molar-refractivity contribution in [2.45, 2.75) is 12.8 Å². The van der Waals surface area contributed by atoms with Gasteiger partial charge in [-0.3, -0.25) is 9.59 Å². The molecule has 130 valence electrons. The van der Waals surface area contributed by atoms with Crippen LogP contribution in [-0.2, 0) is 9.59 Å². The molecule has 2 atom stereocenters. The zero-order valence-electron chi connectivity index (χ0n) is 13.8. The first-order valence-electron chi connectivity index (χ1n) is 8.16. The maximum absolute atomic E-state index is 13.8. The van der Waals surface area contributed by atoms with Crippen molar-refractivity contribution < 1.29 is 18.7 Å². The molecule has 1 aliphatic rings. The number of ether oxygens (including phenoxy) is 1. The fraction of sp³-hybridized carbons (Fsp3) is 0.263. The van der Waals surface area contributed by atoms with Crippen molar-refractivity contribution in [1.29, 1.82) is 0 Å². The lowest BCUT2D eigenvalue weighted by Crippen LogP contribution is -2.32. The summed E-state index contributed by atoms with van der Waals surface area (Å²) in [6.45, 7) is 2.77. The van der Waals surface area contributed by atoms with Crippen molar-refractivity contribution in [2.24, 2.45) is 5.92 Å². The first-order chi connectivity index (χ1) is 12.1. The van der Waals surface area contributed by atoms with Gasteiger partial charge in [0.15, 0.2) is 0 Å². The number of nitrogens with one attached hydrogen (secondary N) is 2. The van der Waals surface area contributed by atoms with Crippen molar-refractivity contribution >= 4 is 17.5 Å². The summed E-state index contributed by atoms with van der Waals surface area (Å²) in [6, 6.07) is 13.2. The molecule has 5 nitrogen and oxygen atoms in total. The number of amides is 2. The van der Waals surface area contributed by atoms with Gasteiger partial charge in [-0.15, -0.1) is 0 Å². The summed E-state index contributed by atoms with van der Waals surface area (Å²) in [5, 5.41) is 5.23. The van der Waals surface area contributed by atoms with Gasteiger partial charge in [0.2, 0.25) is 11.8 Å². The van der Waals surface area contributed by atoms with Crippen LogP contribution in [0.4, 0.5) is 10.1 Å². The zero-order valence-corrected chi connectivity index (χ0v) is 13.8. The number of para-hydroxylation sites is 1. The number of benzene rings is 2. The summed E-state index contributed by atoms with van der Waals surface area (Å²) in [5.74, 6) is -1.99. The molecule has 0 aromatic heterocycles. The Balaban J connectivity index is 1.83. The molecule has 0 unspecified atom stereocenters. The van der Waals surface area contributed by atoms with Crippen LogP contribution >= 0.6 is 0 Å². The third-order valence-corrected chi connectivity index (χ3v) is 4.19. The van der Waals surface area contributed by atoms with Crippen molar-refractivity contribution in [1.82, 2.24) is 5.32 Å². The topological polar surface area (TPSA) is 67.4 Å². The van der Waals surface area contributed by atoms with E-state index in [1.165, 1.54) is 18.2 Å². The van der Waals surface area contributed by atoms with E-state index in [9.17, 15) is 14.0 Å². The SMILES string of the molecule is CCOc1cccc([C@H]2CNC(=O)[C@@H]2C(=O)Nc2ccccc2F)c1. The Morgan fingerprint density at radius 2 is 2.08 bits per heavy atom. The van der Waals surface area contributed by atoms with Crippen molar-refractivity contribution in [3.63, 3.8) is 0 Å². The molecule has 1 aliphatic heterocycles. The lowest BCUT2D eigenvalue weighted by Gasteiger charge is -2.18. The highest BCUT2D eigenvalue weighted by Gasteiger charge is 2.41. The van der Waals surface area contributed by atoms with Crippen LogP contribution in [0.3, 0.4) is 0 Å². The van der Waals surface area contributed by atoms with Crippen molar-refractivity contribution in [3.05, 3.63) is 59.9 Å². The largest absolute Gasteiger partial charge is 0.494 e. The lowest BCUT2D eigenvalue weighted by molar-refractivity contribution is -0.130. The fourth-order valence-electron chi connectivity index (χ4n) is 3.01. The quantitative estimate of drug-likeness (QED) is 0.821. The van der Waals surface area contributed by atoms with Gasteiger partial charge in [-0.25, -0.2) is 4.39 Å². The van der Waals surface area contributed by atoms with Gasteiger partial charge in [-0.1, -0.05) is 24.3 Å². The molecule has 0 spiro atoms. The third-order valence-electron chi connectivity index (χ3n) is 4.19. The predicted octanol–water partition coefficient (Wildman–Crippen LogP) is 2.69. The number of rotatable bonds is 5. The summed E-state index contributed by atoms with van der Waals surface area (Å²) in [5.41, 5.74) is 0.895. The molecule has 0 saturated carbocycles. The predicted molar refractivity (Wildman–Crippen MR) is 91.9 cm³/mol. The maximum atomic E-state index is 13.8. The second kappa shape index (κ2) is 7.34. The van der Waals surface area contributed by atoms with E-state index < -0.39 is 17.6 Å². The van der Waals surface area contributed by atoms with Gasteiger partial charge >= 0.3 is 0 Å². The molecule has 6 heteroatoms. The molecule has 0 bridgehead atoms. The van der Waals surface area contributed by atoms with Crippen LogP contribution in [0.5, 0.6) is 5.75 Å². The first kappa shape index (κ1) is 17.0. The standard InChI is InChI=1S/C19H19FN2O3/c1-2-25-13-7-5-6-12(10-13)14-11-21-18(23)17(14)19(24)22-16-9-4-3-8-15(16)20/h3-10,14,17H,2,11H2,1H3,(H,21,23)(H,22,24)/t14-,17-/m1/s1. The van der Waals surface area contributed by atoms with E-state index in [0.29, 0.717) is 18.9 Å². The fourth-order valence-corrected chi connectivity index (χ4v) is 3.01. The van der Waals surface area contributed by atoms with Crippen LogP contribution in [-0.4, -0.2) is 25.0 Å². The number of halogens is 1. The average Bonchev–Trinajstić information content (AvgIpc) is 2.99. The van der Waals surface area contributed by atoms with E-state index in [2.05, 4.69) is 10.6 Å². The van der Waals surface area contributed by atoms with Crippen LogP contribution in [0.2, 0.25) is 0 Å². The summed E-state index contributed by atoms with van der Waals surface area (Å²) in [6.07, 6.45) is 0. The molecular formula is C19H19FN2O3. The number of anilines is 1. The maximum Gasteiger partial charge on any atom is 0.237 e. The Labute approximate surface area is 145 Å². The number of carbonyl (C=O) groups is 2. The van der Waals surface area contributed by atoms with E-state index in [1.807, 2.05) is 31.2 Å². The smallest absolute Gasteiger partial charge is 0.237 e. The molecule has 1 heterocycles. The summed E-state index contributed by atoms with van der Waals surface area (Å²) in [7, 11) is 0. The Morgan fingerprint density at radius 1 is 1.28 bits per heavy atom. The molecule has 2 amide bonds. The summed E-state index contributed by atoms with van der Waals surface area (Å²) >= 11 is 0. The Morgan fingerprint density at radius 3 is 2.84 bits per heavy atom. The minimum atomic E-state index is -0.920. The van der Waals surface area contributed by atoms with Crippen LogP contribution in [0.1, 0.15) is 18.4 Å². The molecule has 2 N–H and O–H groups in total. The second-order valence-electron chi connectivity index (χ2n) is 5.80. The Kier molecular flexibility index (Phi) is 4.97. The van der Waals surface area contributed by atoms with E-state index in [0.717, 1.165) is 5.56 Å². The second-order valence-corrected chi connectivity index (χ2v) is 5.80. The molecule has 2 aromatic carbocycles. The van der Waals surface area contributed by atoms with Crippen LogP contribution in [0.25, 0.3) is 0 Å². The molecule has 0 aliphatic carbocycles. The lowest BCUT2D eigenvalue weighted by atomic mass is 9.87. The average molecular weight is 342 g/mol. The highest BCUT2D eigenvalue weighted by Crippen LogP contribution is 2.32. The van der Waals surface area contributed by atoms with E-state index in [-0.39, 0.29) is 17.5 Å². The third kappa shape index (κ3) is 3.63. The molecule has 1 saturated heterocycles. The number of carbonyl (C=O) groups excluding carboxylic acids is 2. The first-order valence-corrected chi connectivity index (χ1v) is 8.16. The number of hydrogen-bond donors (Lipinski definition) is 2. The van der Waals surface area contributed by atoms with Gasteiger partial charge in [0.1, 0.15) is 17.5 Å². The van der Waals surface area contributed by atoms with Crippen molar-refractivity contribution in [2.75, 3.05) is 18.5 Å². The van der Waals surface area contributed by atoms with Gasteiger partial charge in [-0.05, 0) is 36.8 Å². The zero-order chi connectivity index (χ0) is 17.8. The van der Waals surface area contributed by atoms with Gasteiger partial charge in [0, 0.05) is 12.5 Å². The summed E-state index contributed by atoms with van der Waals surface area (Å²) in [4.78, 5) is 24.8. The molecule has 25 heavy (non-hydrogen) atoms. The minimum Gasteiger partial charge on any atom is -0.494 e. The highest BCUT2D eigenvalue weighted by atomic mass is 19.1. The van der Waals surface area contributed by atoms with Crippen LogP contribution < -0.4 is 15.4 Å². The molecular weight excluding hydrogens is 323 g/mol. The van der Waals surface area contributed by atoms with Gasteiger partial charge in [0.05, 0.1) is 12.3 Å². The van der Waals surface area contributed by atoms with E-state index in [1.54, 1.807) is 6.07 Å². The highest BCUT2D eigenvalue weighted by molar-refractivity contribution is 6.08. The van der Waals surface area contributed by atoms with Gasteiger partial charge < -0.3 is 15.4 Å². The molecule has 1 fully saturated rings. The summed E-state index contributed by atoms with van der Waals surface area (Å²) < 4.78 is 19.2. The molecule has 3 rings (SSSR count). The Hall–Kier alpha value is -2.89. The van der Waals surface area contributed by atoms with E-state index >= 15 is 0 Å². The minimum absolute atomic E-state index is 0.0639. The molecule has 0 radical (unpaired) electrons. The normalized spacial score (nSPS) is 19.4. The van der Waals surface area contributed by atoms with E-state index in [4.69, 9.17) is 4.74 Å².